The van der Waals surface area contributed by atoms with Gasteiger partial charge in [0.2, 0.25) is 15.9 Å². The van der Waals surface area contributed by atoms with E-state index in [1.54, 1.807) is 16.4 Å². The van der Waals surface area contributed by atoms with Crippen LogP contribution in [0.25, 0.3) is 0 Å². The molecule has 5 fully saturated rings. The molecule has 1 heterocycles. The zero-order chi connectivity index (χ0) is 21.6. The summed E-state index contributed by atoms with van der Waals surface area (Å²) in [7, 11) is -3.49. The molecule has 4 saturated carbocycles. The molecule has 0 spiro atoms. The van der Waals surface area contributed by atoms with E-state index in [0.717, 1.165) is 61.8 Å². The second-order valence-corrected chi connectivity index (χ2v) is 12.7. The van der Waals surface area contributed by atoms with E-state index in [1.165, 1.54) is 19.3 Å². The van der Waals surface area contributed by atoms with Gasteiger partial charge < -0.3 is 5.32 Å². The lowest BCUT2D eigenvalue weighted by molar-refractivity contribution is -0.146. The molecule has 1 aliphatic heterocycles. The Morgan fingerprint density at radius 3 is 2.26 bits per heavy atom. The largest absolute Gasteiger partial charge is 0.356 e. The summed E-state index contributed by atoms with van der Waals surface area (Å²) in [6, 6.07) is 7.11. The zero-order valence-electron chi connectivity index (χ0n) is 18.7. The van der Waals surface area contributed by atoms with Gasteiger partial charge in [-0.15, -0.1) is 0 Å². The van der Waals surface area contributed by atoms with Gasteiger partial charge in [-0.3, -0.25) is 4.79 Å². The number of rotatable bonds is 6. The molecule has 1 atom stereocenters. The third-order valence-electron chi connectivity index (χ3n) is 8.48. The van der Waals surface area contributed by atoms with Crippen molar-refractivity contribution in [2.45, 2.75) is 82.1 Å². The molecule has 0 aromatic heterocycles. The van der Waals surface area contributed by atoms with Crippen LogP contribution in [0.15, 0.2) is 29.2 Å². The van der Waals surface area contributed by atoms with Gasteiger partial charge in [0.25, 0.3) is 0 Å². The van der Waals surface area contributed by atoms with Crippen molar-refractivity contribution in [1.82, 2.24) is 9.62 Å². The van der Waals surface area contributed by atoms with Gasteiger partial charge in [0.1, 0.15) is 0 Å². The molecule has 6 heteroatoms. The van der Waals surface area contributed by atoms with Crippen molar-refractivity contribution in [3.63, 3.8) is 0 Å². The molecule has 5 nitrogen and oxygen atoms in total. The van der Waals surface area contributed by atoms with Crippen LogP contribution >= 0.6 is 0 Å². The number of hydrogen-bond acceptors (Lipinski definition) is 3. The Bertz CT molecular complexity index is 889. The van der Waals surface area contributed by atoms with E-state index in [9.17, 15) is 13.2 Å². The van der Waals surface area contributed by atoms with E-state index in [0.29, 0.717) is 24.4 Å². The highest BCUT2D eigenvalue weighted by molar-refractivity contribution is 7.89. The molecule has 0 radical (unpaired) electrons. The Morgan fingerprint density at radius 1 is 1.03 bits per heavy atom. The van der Waals surface area contributed by atoms with Gasteiger partial charge in [0.15, 0.2) is 0 Å². The summed E-state index contributed by atoms with van der Waals surface area (Å²) >= 11 is 0. The van der Waals surface area contributed by atoms with Crippen LogP contribution < -0.4 is 5.32 Å². The summed E-state index contributed by atoms with van der Waals surface area (Å²) in [4.78, 5) is 13.6. The number of hydrogen-bond donors (Lipinski definition) is 1. The van der Waals surface area contributed by atoms with Crippen LogP contribution in [-0.2, 0) is 14.8 Å². The number of sulfonamides is 1. The van der Waals surface area contributed by atoms with E-state index in [4.69, 9.17) is 0 Å². The molecule has 4 aliphatic carbocycles. The molecule has 1 unspecified atom stereocenters. The van der Waals surface area contributed by atoms with Crippen LogP contribution in [0.2, 0.25) is 0 Å². The molecule has 1 N–H and O–H groups in total. The second-order valence-electron chi connectivity index (χ2n) is 10.8. The SMILES string of the molecule is Cc1ccc(S(=O)(=O)N2CCCCC2CCNC(=O)C23CC4CC(CC(C4)C2)C3)cc1. The Kier molecular flexibility index (Phi) is 5.66. The minimum Gasteiger partial charge on any atom is -0.356 e. The Hall–Kier alpha value is -1.40. The van der Waals surface area contributed by atoms with Gasteiger partial charge >= 0.3 is 0 Å². The maximum atomic E-state index is 13.3. The summed E-state index contributed by atoms with van der Waals surface area (Å²) in [6.07, 6.45) is 10.7. The number of nitrogens with one attached hydrogen (secondary N) is 1. The van der Waals surface area contributed by atoms with Gasteiger partial charge in [0, 0.05) is 24.5 Å². The quantitative estimate of drug-likeness (QED) is 0.713. The number of carbonyl (C=O) groups is 1. The van der Waals surface area contributed by atoms with Crippen molar-refractivity contribution < 1.29 is 13.2 Å². The summed E-state index contributed by atoms with van der Waals surface area (Å²) in [6.45, 7) is 3.11. The van der Waals surface area contributed by atoms with Crippen LogP contribution in [0.5, 0.6) is 0 Å². The van der Waals surface area contributed by atoms with Crippen molar-refractivity contribution in [2.24, 2.45) is 23.2 Å². The monoisotopic (exact) mass is 444 g/mol. The first-order valence-corrected chi connectivity index (χ1v) is 13.7. The van der Waals surface area contributed by atoms with Gasteiger partial charge in [-0.25, -0.2) is 8.42 Å². The molecule has 4 bridgehead atoms. The Balaban J connectivity index is 1.22. The molecule has 1 amide bonds. The molecule has 31 heavy (non-hydrogen) atoms. The average molecular weight is 445 g/mol. The summed E-state index contributed by atoms with van der Waals surface area (Å²) in [5.74, 6) is 2.51. The lowest BCUT2D eigenvalue weighted by Gasteiger charge is -2.55. The van der Waals surface area contributed by atoms with Gasteiger partial charge in [-0.2, -0.15) is 4.31 Å². The summed E-state index contributed by atoms with van der Waals surface area (Å²) in [5.41, 5.74) is 0.927. The molecule has 170 valence electrons. The van der Waals surface area contributed by atoms with Crippen LogP contribution in [-0.4, -0.2) is 37.8 Å². The van der Waals surface area contributed by atoms with Gasteiger partial charge in [-0.05, 0) is 94.6 Å². The number of amides is 1. The highest BCUT2D eigenvalue weighted by Crippen LogP contribution is 2.60. The molecular weight excluding hydrogens is 408 g/mol. The third kappa shape index (κ3) is 4.06. The first-order valence-electron chi connectivity index (χ1n) is 12.2. The van der Waals surface area contributed by atoms with Crippen LogP contribution in [0.4, 0.5) is 0 Å². The fraction of sp³-hybridized carbons (Fsp3) is 0.720. The van der Waals surface area contributed by atoms with Crippen molar-refractivity contribution >= 4 is 15.9 Å². The second kappa shape index (κ2) is 8.18. The lowest BCUT2D eigenvalue weighted by Crippen LogP contribution is -2.54. The average Bonchev–Trinajstić information content (AvgIpc) is 2.73. The van der Waals surface area contributed by atoms with Crippen molar-refractivity contribution in [2.75, 3.05) is 13.1 Å². The van der Waals surface area contributed by atoms with Crippen molar-refractivity contribution in [1.29, 1.82) is 0 Å². The number of nitrogens with zero attached hydrogens (tertiary/aromatic N) is 1. The van der Waals surface area contributed by atoms with Crippen LogP contribution in [0.1, 0.15) is 69.8 Å². The molecular formula is C25H36N2O3S. The van der Waals surface area contributed by atoms with E-state index in [-0.39, 0.29) is 17.4 Å². The van der Waals surface area contributed by atoms with Gasteiger partial charge in [-0.1, -0.05) is 24.1 Å². The fourth-order valence-electron chi connectivity index (χ4n) is 7.35. The van der Waals surface area contributed by atoms with E-state index in [1.807, 2.05) is 19.1 Å². The molecule has 5 aliphatic rings. The number of aryl methyl sites for hydroxylation is 1. The minimum atomic E-state index is -3.49. The summed E-state index contributed by atoms with van der Waals surface area (Å²) in [5, 5.41) is 3.25. The Labute approximate surface area is 187 Å². The molecule has 1 saturated heterocycles. The van der Waals surface area contributed by atoms with Crippen LogP contribution in [0, 0.1) is 30.1 Å². The Morgan fingerprint density at radius 2 is 1.65 bits per heavy atom. The number of piperidine rings is 1. The standard InChI is InChI=1S/C25H36N2O3S/c1-18-5-7-23(8-6-18)31(29,30)27-11-3-2-4-22(27)9-10-26-24(28)25-15-19-12-20(16-25)14-21(13-19)17-25/h5-8,19-22H,2-4,9-17H2,1H3,(H,26,28). The maximum absolute atomic E-state index is 13.3. The predicted octanol–water partition coefficient (Wildman–Crippen LogP) is 4.26. The fourth-order valence-corrected chi connectivity index (χ4v) is 9.08. The van der Waals surface area contributed by atoms with Crippen LogP contribution in [0.3, 0.4) is 0 Å². The van der Waals surface area contributed by atoms with E-state index < -0.39 is 10.0 Å². The van der Waals surface area contributed by atoms with Gasteiger partial charge in [0.05, 0.1) is 4.90 Å². The predicted molar refractivity (Wildman–Crippen MR) is 121 cm³/mol. The van der Waals surface area contributed by atoms with E-state index in [2.05, 4.69) is 5.32 Å². The molecule has 1 aromatic rings. The summed E-state index contributed by atoms with van der Waals surface area (Å²) < 4.78 is 28.2. The van der Waals surface area contributed by atoms with Crippen molar-refractivity contribution in [3.8, 4) is 0 Å². The first kappa shape index (κ1) is 21.4. The highest BCUT2D eigenvalue weighted by atomic mass is 32.2. The first-order chi connectivity index (χ1) is 14.9. The minimum absolute atomic E-state index is 0.0308. The highest BCUT2D eigenvalue weighted by Gasteiger charge is 2.54. The topological polar surface area (TPSA) is 66.5 Å². The molecule has 1 aromatic carbocycles. The zero-order valence-corrected chi connectivity index (χ0v) is 19.5. The van der Waals surface area contributed by atoms with E-state index >= 15 is 0 Å². The van der Waals surface area contributed by atoms with Crippen molar-refractivity contribution in [3.05, 3.63) is 29.8 Å². The number of carbonyl (C=O) groups excluding carboxylic acids is 1. The normalized spacial score (nSPS) is 35.3. The molecule has 6 rings (SSSR count). The smallest absolute Gasteiger partial charge is 0.243 e. The maximum Gasteiger partial charge on any atom is 0.243 e. The third-order valence-corrected chi connectivity index (χ3v) is 10.4. The lowest BCUT2D eigenvalue weighted by atomic mass is 9.49. The number of benzene rings is 1.